The number of nitrogens with zero attached hydrogens (tertiary/aromatic N) is 3. The summed E-state index contributed by atoms with van der Waals surface area (Å²) in [7, 11) is 2.20. The SMILES string of the molecule is CCc1nc(Cl)c(C)c(NCCC2CCN(C)CC2)n1. The molecule has 5 heteroatoms. The third-order valence-electron chi connectivity index (χ3n) is 4.13. The topological polar surface area (TPSA) is 41.1 Å². The lowest BCUT2D eigenvalue weighted by Crippen LogP contribution is -2.30. The molecule has 0 aromatic carbocycles. The van der Waals surface area contributed by atoms with Gasteiger partial charge in [0.05, 0.1) is 0 Å². The maximum atomic E-state index is 6.14. The van der Waals surface area contributed by atoms with Crippen LogP contribution in [-0.4, -0.2) is 41.5 Å². The Morgan fingerprint density at radius 3 is 2.65 bits per heavy atom. The molecule has 1 saturated heterocycles. The van der Waals surface area contributed by atoms with Crippen molar-refractivity contribution in [2.45, 2.75) is 39.5 Å². The van der Waals surface area contributed by atoms with Gasteiger partial charge in [-0.3, -0.25) is 0 Å². The highest BCUT2D eigenvalue weighted by Crippen LogP contribution is 2.22. The molecule has 20 heavy (non-hydrogen) atoms. The predicted octanol–water partition coefficient (Wildman–Crippen LogP) is 3.14. The van der Waals surface area contributed by atoms with Crippen LogP contribution in [0.15, 0.2) is 0 Å². The summed E-state index contributed by atoms with van der Waals surface area (Å²) in [5, 5.41) is 4.01. The van der Waals surface area contributed by atoms with Crippen molar-refractivity contribution in [3.63, 3.8) is 0 Å². The summed E-state index contributed by atoms with van der Waals surface area (Å²) in [5.41, 5.74) is 0.951. The molecule has 1 aromatic heterocycles. The molecule has 0 atom stereocenters. The van der Waals surface area contributed by atoms with E-state index in [-0.39, 0.29) is 0 Å². The number of hydrogen-bond acceptors (Lipinski definition) is 4. The van der Waals surface area contributed by atoms with Gasteiger partial charge in [0.2, 0.25) is 0 Å². The Morgan fingerprint density at radius 2 is 2.00 bits per heavy atom. The van der Waals surface area contributed by atoms with Crippen LogP contribution in [-0.2, 0) is 6.42 Å². The predicted molar refractivity (Wildman–Crippen MR) is 84.5 cm³/mol. The van der Waals surface area contributed by atoms with Crippen LogP contribution >= 0.6 is 11.6 Å². The van der Waals surface area contributed by atoms with Crippen LogP contribution < -0.4 is 5.32 Å². The fourth-order valence-electron chi connectivity index (χ4n) is 2.61. The Hall–Kier alpha value is -0.870. The van der Waals surface area contributed by atoms with Gasteiger partial charge in [0.1, 0.15) is 16.8 Å². The van der Waals surface area contributed by atoms with Crippen LogP contribution in [0.1, 0.15) is 37.6 Å². The molecule has 0 unspecified atom stereocenters. The number of nitrogens with one attached hydrogen (secondary N) is 1. The van der Waals surface area contributed by atoms with E-state index in [4.69, 9.17) is 11.6 Å². The van der Waals surface area contributed by atoms with E-state index >= 15 is 0 Å². The summed E-state index contributed by atoms with van der Waals surface area (Å²) in [4.78, 5) is 11.2. The lowest BCUT2D eigenvalue weighted by atomic mass is 9.94. The molecule has 0 aliphatic carbocycles. The quantitative estimate of drug-likeness (QED) is 0.848. The van der Waals surface area contributed by atoms with E-state index in [0.29, 0.717) is 5.15 Å². The van der Waals surface area contributed by atoms with Crippen molar-refractivity contribution in [1.82, 2.24) is 14.9 Å². The number of piperidine rings is 1. The Balaban J connectivity index is 1.86. The van der Waals surface area contributed by atoms with Crippen LogP contribution in [0.3, 0.4) is 0 Å². The van der Waals surface area contributed by atoms with Gasteiger partial charge in [-0.2, -0.15) is 0 Å². The molecule has 1 aliphatic heterocycles. The molecule has 0 spiro atoms. The van der Waals surface area contributed by atoms with Gasteiger partial charge in [-0.25, -0.2) is 9.97 Å². The van der Waals surface area contributed by atoms with Crippen molar-refractivity contribution >= 4 is 17.4 Å². The standard InChI is InChI=1S/C15H25ClN4/c1-4-13-18-14(16)11(2)15(19-13)17-8-5-12-6-9-20(3)10-7-12/h12H,4-10H2,1-3H3,(H,17,18,19). The molecule has 4 nitrogen and oxygen atoms in total. The smallest absolute Gasteiger partial charge is 0.137 e. The number of anilines is 1. The molecule has 2 rings (SSSR count). The fourth-order valence-corrected chi connectivity index (χ4v) is 2.80. The highest BCUT2D eigenvalue weighted by molar-refractivity contribution is 6.30. The van der Waals surface area contributed by atoms with E-state index < -0.39 is 0 Å². The summed E-state index contributed by atoms with van der Waals surface area (Å²) in [6, 6.07) is 0. The maximum Gasteiger partial charge on any atom is 0.137 e. The zero-order valence-electron chi connectivity index (χ0n) is 12.7. The maximum absolute atomic E-state index is 6.14. The molecule has 0 amide bonds. The number of aromatic nitrogens is 2. The van der Waals surface area contributed by atoms with Gasteiger partial charge in [-0.1, -0.05) is 18.5 Å². The fraction of sp³-hybridized carbons (Fsp3) is 0.733. The molecule has 2 heterocycles. The first-order chi connectivity index (χ1) is 9.60. The lowest BCUT2D eigenvalue weighted by Gasteiger charge is -2.29. The second-order valence-corrected chi connectivity index (χ2v) is 6.08. The van der Waals surface area contributed by atoms with Crippen molar-refractivity contribution in [3.05, 3.63) is 16.5 Å². The van der Waals surface area contributed by atoms with Crippen molar-refractivity contribution in [2.24, 2.45) is 5.92 Å². The van der Waals surface area contributed by atoms with Gasteiger partial charge >= 0.3 is 0 Å². The summed E-state index contributed by atoms with van der Waals surface area (Å²) < 4.78 is 0. The summed E-state index contributed by atoms with van der Waals surface area (Å²) in [6.45, 7) is 7.43. The van der Waals surface area contributed by atoms with Crippen molar-refractivity contribution in [1.29, 1.82) is 0 Å². The van der Waals surface area contributed by atoms with Gasteiger partial charge < -0.3 is 10.2 Å². The third kappa shape index (κ3) is 4.06. The van der Waals surface area contributed by atoms with Crippen LogP contribution in [0, 0.1) is 12.8 Å². The van der Waals surface area contributed by atoms with E-state index in [9.17, 15) is 0 Å². The van der Waals surface area contributed by atoms with Crippen LogP contribution in [0.4, 0.5) is 5.82 Å². The molecule has 1 fully saturated rings. The van der Waals surface area contributed by atoms with Crippen molar-refractivity contribution in [2.75, 3.05) is 32.0 Å². The summed E-state index contributed by atoms with van der Waals surface area (Å²) >= 11 is 6.14. The zero-order chi connectivity index (χ0) is 14.5. The average Bonchev–Trinajstić information content (AvgIpc) is 2.45. The minimum absolute atomic E-state index is 0.568. The Morgan fingerprint density at radius 1 is 1.30 bits per heavy atom. The first-order valence-electron chi connectivity index (χ1n) is 7.55. The van der Waals surface area contributed by atoms with E-state index in [0.717, 1.165) is 36.1 Å². The van der Waals surface area contributed by atoms with Crippen LogP contribution in [0.25, 0.3) is 0 Å². The number of likely N-dealkylation sites (tertiary alicyclic amines) is 1. The zero-order valence-corrected chi connectivity index (χ0v) is 13.5. The lowest BCUT2D eigenvalue weighted by molar-refractivity contribution is 0.215. The number of aryl methyl sites for hydroxylation is 1. The highest BCUT2D eigenvalue weighted by Gasteiger charge is 2.16. The van der Waals surface area contributed by atoms with Crippen molar-refractivity contribution in [3.8, 4) is 0 Å². The summed E-state index contributed by atoms with van der Waals surface area (Å²) in [5.74, 6) is 2.54. The number of halogens is 1. The van der Waals surface area contributed by atoms with Gasteiger partial charge in [-0.05, 0) is 52.2 Å². The monoisotopic (exact) mass is 296 g/mol. The average molecular weight is 297 g/mol. The highest BCUT2D eigenvalue weighted by atomic mass is 35.5. The first kappa shape index (κ1) is 15.5. The molecule has 0 radical (unpaired) electrons. The van der Waals surface area contributed by atoms with E-state index in [2.05, 4.69) is 27.2 Å². The minimum atomic E-state index is 0.568. The summed E-state index contributed by atoms with van der Waals surface area (Å²) in [6.07, 6.45) is 4.63. The first-order valence-corrected chi connectivity index (χ1v) is 7.93. The second kappa shape index (κ2) is 7.23. The molecule has 1 aromatic rings. The van der Waals surface area contributed by atoms with Gasteiger partial charge in [0.25, 0.3) is 0 Å². The van der Waals surface area contributed by atoms with Crippen LogP contribution in [0.5, 0.6) is 0 Å². The minimum Gasteiger partial charge on any atom is -0.370 e. The molecule has 0 saturated carbocycles. The molecule has 112 valence electrons. The Kier molecular flexibility index (Phi) is 5.61. The van der Waals surface area contributed by atoms with Gasteiger partial charge in [0.15, 0.2) is 0 Å². The molecular weight excluding hydrogens is 272 g/mol. The van der Waals surface area contributed by atoms with Gasteiger partial charge in [0, 0.05) is 18.5 Å². The van der Waals surface area contributed by atoms with E-state index in [1.54, 1.807) is 0 Å². The largest absolute Gasteiger partial charge is 0.370 e. The Bertz CT molecular complexity index is 442. The Labute approximate surface area is 126 Å². The van der Waals surface area contributed by atoms with E-state index in [1.165, 1.54) is 32.4 Å². The normalized spacial score (nSPS) is 17.4. The third-order valence-corrected chi connectivity index (χ3v) is 4.50. The molecule has 0 bridgehead atoms. The van der Waals surface area contributed by atoms with Gasteiger partial charge in [-0.15, -0.1) is 0 Å². The number of rotatable bonds is 5. The number of hydrogen-bond donors (Lipinski definition) is 1. The second-order valence-electron chi connectivity index (χ2n) is 5.72. The molecular formula is C15H25ClN4. The van der Waals surface area contributed by atoms with Crippen molar-refractivity contribution < 1.29 is 0 Å². The van der Waals surface area contributed by atoms with Crippen LogP contribution in [0.2, 0.25) is 5.15 Å². The molecule has 1 N–H and O–H groups in total. The van der Waals surface area contributed by atoms with E-state index in [1.807, 2.05) is 13.8 Å². The molecule has 1 aliphatic rings.